The molecule has 4 aliphatic rings. The second kappa shape index (κ2) is 37.7. The number of nitrogens with zero attached hydrogens (tertiary/aromatic N) is 8. The molecule has 0 atom stereocenters. The lowest BCUT2D eigenvalue weighted by Gasteiger charge is -2.13. The molecule has 0 radical (unpaired) electrons. The number of para-hydroxylation sites is 3. The first kappa shape index (κ1) is 81.3. The molecule has 0 fully saturated rings. The van der Waals surface area contributed by atoms with E-state index in [1.54, 1.807) is 105 Å². The van der Waals surface area contributed by atoms with Crippen LogP contribution >= 0.6 is 17.0 Å². The second-order valence-electron chi connectivity index (χ2n) is 25.8. The van der Waals surface area contributed by atoms with Gasteiger partial charge in [0.05, 0.1) is 70.5 Å². The highest BCUT2D eigenvalue weighted by molar-refractivity contribution is 8.93. The van der Waals surface area contributed by atoms with E-state index in [1.165, 1.54) is 97.0 Å². The molecule has 1 aliphatic heterocycles. The molecular weight excluding hydrogens is 1470 g/mol. The van der Waals surface area contributed by atoms with Crippen molar-refractivity contribution < 1.29 is 60.0 Å². The number of carbonyl (C=O) groups is 4. The molecule has 3 heterocycles. The minimum atomic E-state index is -1.06. The van der Waals surface area contributed by atoms with Crippen molar-refractivity contribution in [1.82, 2.24) is 19.6 Å². The van der Waals surface area contributed by atoms with Gasteiger partial charge in [0.15, 0.2) is 22.9 Å². The van der Waals surface area contributed by atoms with E-state index >= 15 is 0 Å². The van der Waals surface area contributed by atoms with Crippen LogP contribution in [0.15, 0.2) is 217 Å². The maximum absolute atomic E-state index is 13.0. The van der Waals surface area contributed by atoms with Crippen LogP contribution in [0.3, 0.4) is 0 Å². The lowest BCUT2D eigenvalue weighted by Crippen LogP contribution is -2.19. The summed E-state index contributed by atoms with van der Waals surface area (Å²) in [4.78, 5) is 71.2. The van der Waals surface area contributed by atoms with Gasteiger partial charge in [-0.3, -0.25) is 24.6 Å². The first-order valence-corrected chi connectivity index (χ1v) is 35.0. The molecule has 11 aromatic rings. The van der Waals surface area contributed by atoms with Gasteiger partial charge in [0.25, 0.3) is 17.0 Å². The van der Waals surface area contributed by atoms with E-state index < -0.39 is 17.9 Å². The molecule has 0 unspecified atom stereocenters. The summed E-state index contributed by atoms with van der Waals surface area (Å²) >= 11 is 0. The molecule has 3 aliphatic carbocycles. The number of rotatable bonds is 15. The van der Waals surface area contributed by atoms with Crippen LogP contribution in [-0.2, 0) is 43.3 Å². The Balaban J connectivity index is 0.000000170. The van der Waals surface area contributed by atoms with Crippen LogP contribution in [0.1, 0.15) is 108 Å². The van der Waals surface area contributed by atoms with Gasteiger partial charge in [0, 0.05) is 35.5 Å². The van der Waals surface area contributed by atoms with Crippen molar-refractivity contribution in [1.29, 1.82) is 0 Å². The fraction of sp³-hybridized carbons (Fsp3) is 0.207. The lowest BCUT2D eigenvalue weighted by atomic mass is 10.0. The number of hydrazone groups is 1. The highest BCUT2D eigenvalue weighted by atomic mass is 79.9. The number of nitrogens with one attached hydrogen (secondary N) is 2. The molecule has 0 saturated heterocycles. The van der Waals surface area contributed by atoms with E-state index in [0.29, 0.717) is 64.3 Å². The Morgan fingerprint density at radius 2 is 0.782 bits per heavy atom. The number of phenols is 3. The Hall–Kier alpha value is -12.7. The summed E-state index contributed by atoms with van der Waals surface area (Å²) in [6.45, 7) is 6.33. The number of aryl methyl sites for hydroxylation is 8. The van der Waals surface area contributed by atoms with Crippen molar-refractivity contribution in [2.24, 2.45) is 37.0 Å². The number of aromatic carboxylic acids is 3. The fourth-order valence-corrected chi connectivity index (χ4v) is 12.7. The number of hydrogen-bond donors (Lipinski definition) is 13. The SMILES string of the molecule is Br.CC1=NN(c2ccc3c(c2)CCC3)C(=O)C1.Cc1[nH]n(-c2ccc3c(c2)CCC3)c(=O)c1N=Nc1cccc(-c2cccc(C(=O)O)c2)c1O.Cc1[nH]n(-c2ccc3c(c2)CCC3)c(=O)c1N=Nc1cccc(-c2cccc(C(=O)O)c2)c1O.NCCO.NCCO.Nc1cccc(-c2cccc(C(=O)O)c2)c1O. The lowest BCUT2D eigenvalue weighted by molar-refractivity contribution is -0.116. The Bertz CT molecular complexity index is 5190. The number of hydrogen-bond acceptors (Lipinski definition) is 19. The minimum absolute atomic E-state index is 0. The Morgan fingerprint density at radius 1 is 0.445 bits per heavy atom. The highest BCUT2D eigenvalue weighted by Gasteiger charge is 2.25. The van der Waals surface area contributed by atoms with Crippen molar-refractivity contribution in [2.45, 2.75) is 85.0 Å². The van der Waals surface area contributed by atoms with Gasteiger partial charge in [-0.05, 0) is 220 Å². The number of benzene rings is 9. The van der Waals surface area contributed by atoms with Gasteiger partial charge in [-0.2, -0.15) is 5.10 Å². The van der Waals surface area contributed by atoms with Gasteiger partial charge in [-0.1, -0.05) is 91.0 Å². The average molecular weight is 1560 g/mol. The number of nitrogens with two attached hydrogens (primary N) is 3. The number of H-pyrrole nitrogens is 2. The number of aliphatic hydroxyl groups excluding tert-OH is 2. The first-order chi connectivity index (χ1) is 52.5. The fourth-order valence-electron chi connectivity index (χ4n) is 12.7. The summed E-state index contributed by atoms with van der Waals surface area (Å²) in [6.07, 6.45) is 10.4. The number of halogens is 1. The third-order valence-electron chi connectivity index (χ3n) is 18.1. The highest BCUT2D eigenvalue weighted by Crippen LogP contribution is 2.41. The molecule has 568 valence electrons. The quantitative estimate of drug-likeness (QED) is 0.0257. The standard InChI is InChI=1S/2C26H22N4O4.C13H14N2O.C13H11NO3.2C2H7NO.BrH/c2*1-15-23(25(32)30(29-15)20-12-11-16-5-2-6-17(16)14-20)28-27-22-10-4-9-21(24(22)31)18-7-3-8-19(13-18)26(33)34;1-9-7-13(16)15(14-9)12-6-5-10-3-2-4-11(10)8-12;14-11-6-2-5-10(12(11)15)8-3-1-4-9(7-8)13(16)17;2*3-1-2-4;/h2*3-4,7-14,29,31H,2,5-6H2,1H3,(H,33,34);5-6,8H,2-4,7H2,1H3;1-7,15H,14H2,(H,16,17);2*4H,1-3H2;1H. The summed E-state index contributed by atoms with van der Waals surface area (Å²) in [5.74, 6) is -3.37. The molecule has 28 heteroatoms. The molecule has 0 spiro atoms. The van der Waals surface area contributed by atoms with Gasteiger partial charge < -0.3 is 58.1 Å². The Kier molecular flexibility index (Phi) is 27.9. The minimum Gasteiger partial charge on any atom is -0.505 e. The summed E-state index contributed by atoms with van der Waals surface area (Å²) in [5, 5.41) is 103. The number of carbonyl (C=O) groups excluding carboxylic acids is 1. The largest absolute Gasteiger partial charge is 0.505 e. The molecule has 110 heavy (non-hydrogen) atoms. The van der Waals surface area contributed by atoms with Crippen molar-refractivity contribution >= 4 is 80.6 Å². The van der Waals surface area contributed by atoms with Crippen LogP contribution in [0.2, 0.25) is 0 Å². The van der Waals surface area contributed by atoms with Crippen LogP contribution in [0, 0.1) is 13.8 Å². The molecule has 9 aromatic carbocycles. The van der Waals surface area contributed by atoms with Crippen LogP contribution in [0.5, 0.6) is 17.2 Å². The van der Waals surface area contributed by atoms with Crippen LogP contribution < -0.4 is 33.3 Å². The summed E-state index contributed by atoms with van der Waals surface area (Å²) in [6, 6.07) is 52.0. The van der Waals surface area contributed by atoms with Crippen molar-refractivity contribution in [2.75, 3.05) is 37.0 Å². The number of aromatic amines is 2. The number of fused-ring (bicyclic) bond motifs is 3. The maximum atomic E-state index is 13.0. The molecule has 1 amide bonds. The zero-order valence-corrected chi connectivity index (χ0v) is 62.2. The number of nitrogen functional groups attached to an aromatic ring is 1. The topological polar surface area (TPSA) is 449 Å². The second-order valence-corrected chi connectivity index (χ2v) is 25.8. The van der Waals surface area contributed by atoms with E-state index in [1.807, 2.05) is 37.3 Å². The number of phenolic OH excluding ortho intramolecular Hbond substituents is 3. The third kappa shape index (κ3) is 19.5. The van der Waals surface area contributed by atoms with E-state index in [2.05, 4.69) is 60.0 Å². The van der Waals surface area contributed by atoms with Crippen LogP contribution in [0.25, 0.3) is 44.8 Å². The maximum Gasteiger partial charge on any atom is 0.335 e. The first-order valence-electron chi connectivity index (χ1n) is 35.0. The number of amides is 1. The zero-order valence-electron chi connectivity index (χ0n) is 60.5. The predicted octanol–water partition coefficient (Wildman–Crippen LogP) is 14.0. The van der Waals surface area contributed by atoms with Crippen molar-refractivity contribution in [3.8, 4) is 62.0 Å². The van der Waals surface area contributed by atoms with Crippen molar-refractivity contribution in [3.63, 3.8) is 0 Å². The van der Waals surface area contributed by atoms with E-state index in [-0.39, 0.29) is 110 Å². The number of aromatic nitrogens is 4. The van der Waals surface area contributed by atoms with Crippen molar-refractivity contribution in [3.05, 3.63) is 264 Å². The summed E-state index contributed by atoms with van der Waals surface area (Å²) in [5.41, 5.74) is 31.2. The van der Waals surface area contributed by atoms with Gasteiger partial charge in [0.2, 0.25) is 0 Å². The van der Waals surface area contributed by atoms with Gasteiger partial charge in [0.1, 0.15) is 17.1 Å². The van der Waals surface area contributed by atoms with Crippen LogP contribution in [-0.4, -0.2) is 116 Å². The molecule has 16 N–H and O–H groups in total. The predicted molar refractivity (Wildman–Crippen MR) is 427 cm³/mol. The Labute approximate surface area is 642 Å². The summed E-state index contributed by atoms with van der Waals surface area (Å²) < 4.78 is 2.91. The number of carboxylic acids is 3. The zero-order chi connectivity index (χ0) is 78.0. The average Bonchev–Trinajstić information content (AvgIpc) is 1.54. The smallest absolute Gasteiger partial charge is 0.335 e. The molecular formula is C82H84BrN13O14. The number of aliphatic hydroxyl groups is 2. The van der Waals surface area contributed by atoms with Gasteiger partial charge >= 0.3 is 17.9 Å². The van der Waals surface area contributed by atoms with E-state index in [9.17, 15) is 54.3 Å². The monoisotopic (exact) mass is 1550 g/mol. The molecule has 27 nitrogen and oxygen atoms in total. The normalized spacial score (nSPS) is 12.8. The van der Waals surface area contributed by atoms with Gasteiger partial charge in [-0.25, -0.2) is 28.8 Å². The van der Waals surface area contributed by atoms with Gasteiger partial charge in [-0.15, -0.1) is 37.4 Å². The third-order valence-corrected chi connectivity index (χ3v) is 18.1. The number of anilines is 2. The number of azo groups is 2. The molecule has 0 bridgehead atoms. The number of carboxylic acid groups (broad SMARTS) is 3. The Morgan fingerprint density at radius 3 is 1.14 bits per heavy atom. The summed E-state index contributed by atoms with van der Waals surface area (Å²) in [7, 11) is 0. The number of aromatic hydroxyl groups is 3. The molecule has 0 saturated carbocycles. The van der Waals surface area contributed by atoms with E-state index in [4.69, 9.17) is 32.5 Å². The van der Waals surface area contributed by atoms with E-state index in [0.717, 1.165) is 67.7 Å². The molecule has 2 aromatic heterocycles. The van der Waals surface area contributed by atoms with Crippen LogP contribution in [0.4, 0.5) is 34.1 Å². The molecule has 15 rings (SSSR count).